The van der Waals surface area contributed by atoms with Crippen molar-refractivity contribution in [3.63, 3.8) is 0 Å². The number of morpholine rings is 1. The molecule has 5 rings (SSSR count). The molecule has 130 valence electrons. The monoisotopic (exact) mass is 364 g/mol. The lowest BCUT2D eigenvalue weighted by molar-refractivity contribution is 0.122. The Labute approximate surface area is 155 Å². The molecule has 26 heavy (non-hydrogen) atoms. The highest BCUT2D eigenvalue weighted by molar-refractivity contribution is 6.30. The molecule has 1 N–H and O–H groups in total. The molecule has 1 aromatic carbocycles. The first kappa shape index (κ1) is 15.6. The Morgan fingerprint density at radius 1 is 1.00 bits per heavy atom. The molecule has 0 aliphatic carbocycles. The standard InChI is InChI=1S/C20H17ClN4O/c21-19-6-3-15-16-11-13(1-4-18(16)23-20(15)24-19)17-5-2-14(12-22-17)25-7-9-26-10-8-25/h1-6,11-12H,7-10H2,(H,23,24). The summed E-state index contributed by atoms with van der Waals surface area (Å²) >= 11 is 6.00. The first-order valence-corrected chi connectivity index (χ1v) is 9.03. The van der Waals surface area contributed by atoms with Gasteiger partial charge in [-0.15, -0.1) is 0 Å². The van der Waals surface area contributed by atoms with Crippen molar-refractivity contribution in [2.24, 2.45) is 0 Å². The number of nitrogens with zero attached hydrogens (tertiary/aromatic N) is 3. The number of fused-ring (bicyclic) bond motifs is 3. The molecule has 5 nitrogen and oxygen atoms in total. The molecule has 1 aliphatic rings. The summed E-state index contributed by atoms with van der Waals surface area (Å²) < 4.78 is 5.41. The molecular formula is C20H17ClN4O. The molecule has 0 unspecified atom stereocenters. The Morgan fingerprint density at radius 2 is 1.88 bits per heavy atom. The zero-order valence-corrected chi connectivity index (χ0v) is 14.8. The fourth-order valence-corrected chi connectivity index (χ4v) is 3.62. The van der Waals surface area contributed by atoms with Crippen molar-refractivity contribution in [3.8, 4) is 11.3 Å². The Balaban J connectivity index is 1.52. The number of nitrogens with one attached hydrogen (secondary N) is 1. The number of hydrogen-bond donors (Lipinski definition) is 1. The second-order valence-electron chi connectivity index (χ2n) is 6.42. The Morgan fingerprint density at radius 3 is 2.69 bits per heavy atom. The highest BCUT2D eigenvalue weighted by atomic mass is 35.5. The Kier molecular flexibility index (Phi) is 3.76. The van der Waals surface area contributed by atoms with E-state index < -0.39 is 0 Å². The molecule has 3 aromatic heterocycles. The predicted octanol–water partition coefficient (Wildman–Crippen LogP) is 4.27. The summed E-state index contributed by atoms with van der Waals surface area (Å²) in [5.74, 6) is 0. The minimum atomic E-state index is 0.490. The van der Waals surface area contributed by atoms with Crippen LogP contribution in [0.15, 0.2) is 48.7 Å². The Hall–Kier alpha value is -2.63. The molecule has 0 amide bonds. The van der Waals surface area contributed by atoms with E-state index in [1.807, 2.05) is 18.3 Å². The van der Waals surface area contributed by atoms with Crippen LogP contribution in [-0.4, -0.2) is 41.3 Å². The van der Waals surface area contributed by atoms with E-state index in [9.17, 15) is 0 Å². The van der Waals surface area contributed by atoms with Crippen LogP contribution in [0, 0.1) is 0 Å². The van der Waals surface area contributed by atoms with Crippen molar-refractivity contribution >= 4 is 39.2 Å². The van der Waals surface area contributed by atoms with Gasteiger partial charge in [-0.2, -0.15) is 0 Å². The van der Waals surface area contributed by atoms with Crippen molar-refractivity contribution in [3.05, 3.63) is 53.8 Å². The van der Waals surface area contributed by atoms with Gasteiger partial charge in [0.05, 0.1) is 30.8 Å². The molecule has 4 heterocycles. The highest BCUT2D eigenvalue weighted by Gasteiger charge is 2.12. The SMILES string of the molecule is Clc1ccc2c(n1)[nH]c1ccc(-c3ccc(N4CCOCC4)cn3)cc12. The van der Waals surface area contributed by atoms with Gasteiger partial charge in [0.1, 0.15) is 10.8 Å². The smallest absolute Gasteiger partial charge is 0.140 e. The number of aromatic amines is 1. The number of benzene rings is 1. The van der Waals surface area contributed by atoms with Crippen molar-refractivity contribution in [2.45, 2.75) is 0 Å². The van der Waals surface area contributed by atoms with Crippen LogP contribution < -0.4 is 4.90 Å². The molecule has 4 aromatic rings. The second kappa shape index (κ2) is 6.27. The summed E-state index contributed by atoms with van der Waals surface area (Å²) in [6.45, 7) is 3.38. The van der Waals surface area contributed by atoms with Crippen LogP contribution in [0.2, 0.25) is 5.15 Å². The average molecular weight is 365 g/mol. The van der Waals surface area contributed by atoms with E-state index in [1.165, 1.54) is 0 Å². The lowest BCUT2D eigenvalue weighted by Crippen LogP contribution is -2.36. The van der Waals surface area contributed by atoms with E-state index in [-0.39, 0.29) is 0 Å². The molecule has 0 bridgehead atoms. The largest absolute Gasteiger partial charge is 0.378 e. The highest BCUT2D eigenvalue weighted by Crippen LogP contribution is 2.30. The summed E-state index contributed by atoms with van der Waals surface area (Å²) in [6, 6.07) is 14.3. The molecular weight excluding hydrogens is 348 g/mol. The lowest BCUT2D eigenvalue weighted by atomic mass is 10.1. The van der Waals surface area contributed by atoms with Crippen LogP contribution in [0.3, 0.4) is 0 Å². The maximum absolute atomic E-state index is 6.00. The van der Waals surface area contributed by atoms with E-state index in [1.54, 1.807) is 0 Å². The third kappa shape index (κ3) is 2.69. The summed E-state index contributed by atoms with van der Waals surface area (Å²) in [6.07, 6.45) is 1.95. The summed E-state index contributed by atoms with van der Waals surface area (Å²) in [5.41, 5.74) is 5.04. The van der Waals surface area contributed by atoms with Gasteiger partial charge in [-0.3, -0.25) is 4.98 Å². The number of hydrogen-bond acceptors (Lipinski definition) is 4. The van der Waals surface area contributed by atoms with Gasteiger partial charge in [-0.25, -0.2) is 4.98 Å². The van der Waals surface area contributed by atoms with E-state index in [0.29, 0.717) is 5.15 Å². The van der Waals surface area contributed by atoms with Gasteiger partial charge >= 0.3 is 0 Å². The summed E-state index contributed by atoms with van der Waals surface area (Å²) in [4.78, 5) is 14.7. The summed E-state index contributed by atoms with van der Waals surface area (Å²) in [7, 11) is 0. The van der Waals surface area contributed by atoms with Crippen LogP contribution in [0.25, 0.3) is 33.2 Å². The first-order chi connectivity index (χ1) is 12.8. The van der Waals surface area contributed by atoms with Gasteiger partial charge < -0.3 is 14.6 Å². The number of anilines is 1. The van der Waals surface area contributed by atoms with Crippen LogP contribution >= 0.6 is 11.6 Å². The molecule has 0 saturated carbocycles. The first-order valence-electron chi connectivity index (χ1n) is 8.65. The molecule has 6 heteroatoms. The van der Waals surface area contributed by atoms with Crippen LogP contribution in [0.5, 0.6) is 0 Å². The number of halogens is 1. The van der Waals surface area contributed by atoms with Gasteiger partial charge in [0, 0.05) is 34.9 Å². The zero-order valence-electron chi connectivity index (χ0n) is 14.1. The molecule has 0 atom stereocenters. The van der Waals surface area contributed by atoms with Crippen molar-refractivity contribution in [2.75, 3.05) is 31.2 Å². The van der Waals surface area contributed by atoms with Crippen molar-refractivity contribution in [1.29, 1.82) is 0 Å². The number of aromatic nitrogens is 3. The molecule has 0 radical (unpaired) electrons. The van der Waals surface area contributed by atoms with Crippen LogP contribution in [0.4, 0.5) is 5.69 Å². The lowest BCUT2D eigenvalue weighted by Gasteiger charge is -2.28. The molecule has 1 fully saturated rings. The van der Waals surface area contributed by atoms with Crippen LogP contribution in [-0.2, 0) is 4.74 Å². The topological polar surface area (TPSA) is 54.0 Å². The third-order valence-corrected chi connectivity index (χ3v) is 5.05. The van der Waals surface area contributed by atoms with Crippen molar-refractivity contribution < 1.29 is 4.74 Å². The van der Waals surface area contributed by atoms with Gasteiger partial charge in [0.25, 0.3) is 0 Å². The maximum atomic E-state index is 6.00. The van der Waals surface area contributed by atoms with Gasteiger partial charge in [-0.05, 0) is 36.4 Å². The number of pyridine rings is 2. The number of rotatable bonds is 2. The number of H-pyrrole nitrogens is 1. The van der Waals surface area contributed by atoms with Crippen molar-refractivity contribution in [1.82, 2.24) is 15.0 Å². The van der Waals surface area contributed by atoms with Gasteiger partial charge in [-0.1, -0.05) is 17.7 Å². The molecule has 1 aliphatic heterocycles. The van der Waals surface area contributed by atoms with Crippen LogP contribution in [0.1, 0.15) is 0 Å². The average Bonchev–Trinajstić information content (AvgIpc) is 3.05. The fraction of sp³-hybridized carbons (Fsp3) is 0.200. The number of ether oxygens (including phenoxy) is 1. The minimum Gasteiger partial charge on any atom is -0.378 e. The summed E-state index contributed by atoms with van der Waals surface area (Å²) in [5, 5.41) is 2.68. The molecule has 1 saturated heterocycles. The quantitative estimate of drug-likeness (QED) is 0.540. The zero-order chi connectivity index (χ0) is 17.5. The van der Waals surface area contributed by atoms with Gasteiger partial charge in [0.15, 0.2) is 0 Å². The molecule has 0 spiro atoms. The van der Waals surface area contributed by atoms with E-state index in [4.69, 9.17) is 16.3 Å². The third-order valence-electron chi connectivity index (χ3n) is 4.84. The van der Waals surface area contributed by atoms with E-state index >= 15 is 0 Å². The maximum Gasteiger partial charge on any atom is 0.140 e. The minimum absolute atomic E-state index is 0.490. The fourth-order valence-electron chi connectivity index (χ4n) is 3.48. The Bertz CT molecular complexity index is 1080. The van der Waals surface area contributed by atoms with Gasteiger partial charge in [0.2, 0.25) is 0 Å². The van der Waals surface area contributed by atoms with E-state index in [2.05, 4.69) is 50.2 Å². The predicted molar refractivity (Wildman–Crippen MR) is 105 cm³/mol. The van der Waals surface area contributed by atoms with E-state index in [0.717, 1.165) is 65.2 Å². The normalized spacial score (nSPS) is 15.0. The second-order valence-corrected chi connectivity index (χ2v) is 6.80.